The smallest absolute Gasteiger partial charge is 0.309 e. The van der Waals surface area contributed by atoms with Gasteiger partial charge in [0, 0.05) is 19.2 Å². The summed E-state index contributed by atoms with van der Waals surface area (Å²) >= 11 is 0. The van der Waals surface area contributed by atoms with Crippen LogP contribution in [0.5, 0.6) is 0 Å². The van der Waals surface area contributed by atoms with Gasteiger partial charge >= 0.3 is 5.97 Å². The van der Waals surface area contributed by atoms with Crippen LogP contribution >= 0.6 is 0 Å². The Bertz CT molecular complexity index is 1480. The van der Waals surface area contributed by atoms with Crippen LogP contribution in [0.1, 0.15) is 71.6 Å². The number of carbonyl (C=O) groups is 2. The van der Waals surface area contributed by atoms with Crippen molar-refractivity contribution >= 4 is 33.9 Å². The van der Waals surface area contributed by atoms with Crippen molar-refractivity contribution in [3.63, 3.8) is 0 Å². The molecule has 1 aromatic carbocycles. The van der Waals surface area contributed by atoms with E-state index in [1.54, 1.807) is 7.05 Å². The van der Waals surface area contributed by atoms with Gasteiger partial charge in [0.25, 0.3) is 5.91 Å². The van der Waals surface area contributed by atoms with Gasteiger partial charge in [0.05, 0.1) is 28.6 Å². The van der Waals surface area contributed by atoms with Gasteiger partial charge in [-0.1, -0.05) is 29.8 Å². The Kier molecular flexibility index (Phi) is 8.25. The van der Waals surface area contributed by atoms with Crippen LogP contribution in [0.2, 0.25) is 0 Å². The van der Waals surface area contributed by atoms with E-state index in [9.17, 15) is 23.1 Å². The molecule has 1 aliphatic carbocycles. The molecule has 0 radical (unpaired) electrons. The first-order valence-electron chi connectivity index (χ1n) is 13.8. The number of rotatable bonds is 11. The van der Waals surface area contributed by atoms with Gasteiger partial charge in [-0.15, -0.1) is 0 Å². The number of thiol groups is 1. The molecule has 10 nitrogen and oxygen atoms in total. The molecule has 0 atom stereocenters. The Morgan fingerprint density at radius 1 is 1.20 bits per heavy atom. The second-order valence-corrected chi connectivity index (χ2v) is 12.0. The molecule has 2 aliphatic rings. The van der Waals surface area contributed by atoms with E-state index in [1.165, 1.54) is 4.31 Å². The highest BCUT2D eigenvalue weighted by atomic mass is 32.2. The summed E-state index contributed by atoms with van der Waals surface area (Å²) < 4.78 is 32.1. The fourth-order valence-corrected chi connectivity index (χ4v) is 6.23. The number of nitrogens with zero attached hydrogens (tertiary/aromatic N) is 2. The van der Waals surface area contributed by atoms with Crippen molar-refractivity contribution in [2.24, 2.45) is 5.41 Å². The number of aliphatic carboxylic acids is 1. The molecule has 5 rings (SSSR count). The van der Waals surface area contributed by atoms with Crippen LogP contribution in [0, 0.1) is 12.3 Å². The van der Waals surface area contributed by atoms with E-state index in [1.807, 2.05) is 37.3 Å². The Balaban J connectivity index is 1.46. The predicted molar refractivity (Wildman–Crippen MR) is 152 cm³/mol. The molecule has 1 saturated carbocycles. The lowest BCUT2D eigenvalue weighted by Gasteiger charge is -2.34. The SMILES string of the molecule is CNC(=O)c1c(-c2ccc(C)cc2)oc2nc(CN(CCCC3(C(=O)O)CCNCC3)[SH](=O)=O)c(C3CC3)cc12. The zero-order valence-electron chi connectivity index (χ0n) is 22.9. The maximum atomic E-state index is 13.0. The minimum atomic E-state index is -2.92. The van der Waals surface area contributed by atoms with Gasteiger partial charge in [-0.3, -0.25) is 9.59 Å². The third-order valence-electron chi connectivity index (χ3n) is 8.23. The Morgan fingerprint density at radius 3 is 2.50 bits per heavy atom. The van der Waals surface area contributed by atoms with E-state index in [2.05, 4.69) is 10.6 Å². The molecule has 11 heteroatoms. The molecule has 3 N–H and O–H groups in total. The zero-order chi connectivity index (χ0) is 28.4. The third-order valence-corrected chi connectivity index (χ3v) is 9.03. The molecule has 40 heavy (non-hydrogen) atoms. The average Bonchev–Trinajstić information content (AvgIpc) is 3.72. The quantitative estimate of drug-likeness (QED) is 0.257. The van der Waals surface area contributed by atoms with Gasteiger partial charge in [-0.2, -0.15) is 4.31 Å². The summed E-state index contributed by atoms with van der Waals surface area (Å²) in [5.74, 6) is -0.420. The minimum absolute atomic E-state index is 0.0674. The summed E-state index contributed by atoms with van der Waals surface area (Å²) in [6, 6.07) is 9.64. The number of nitrogens with one attached hydrogen (secondary N) is 2. The molecular formula is C29H36N4O6S. The molecule has 214 valence electrons. The van der Waals surface area contributed by atoms with Crippen molar-refractivity contribution in [2.75, 3.05) is 26.7 Å². The van der Waals surface area contributed by atoms with E-state index in [0.29, 0.717) is 61.2 Å². The largest absolute Gasteiger partial charge is 0.481 e. The second kappa shape index (κ2) is 11.7. The molecule has 1 amide bonds. The maximum Gasteiger partial charge on any atom is 0.309 e. The lowest BCUT2D eigenvalue weighted by molar-refractivity contribution is -0.151. The lowest BCUT2D eigenvalue weighted by atomic mass is 9.75. The van der Waals surface area contributed by atoms with Crippen LogP contribution < -0.4 is 10.6 Å². The fourth-order valence-electron chi connectivity index (χ4n) is 5.68. The number of carbonyl (C=O) groups excluding carboxylic acids is 1. The highest BCUT2D eigenvalue weighted by Gasteiger charge is 2.39. The van der Waals surface area contributed by atoms with Crippen molar-refractivity contribution < 1.29 is 27.5 Å². The van der Waals surface area contributed by atoms with Crippen molar-refractivity contribution in [3.05, 3.63) is 52.7 Å². The van der Waals surface area contributed by atoms with Crippen molar-refractivity contribution in [1.82, 2.24) is 19.9 Å². The van der Waals surface area contributed by atoms with E-state index in [0.717, 1.165) is 29.5 Å². The molecule has 0 bridgehead atoms. The number of aryl methyl sites for hydroxylation is 1. The van der Waals surface area contributed by atoms with E-state index in [4.69, 9.17) is 9.40 Å². The topological polar surface area (TPSA) is 142 Å². The number of piperidine rings is 1. The first-order valence-corrected chi connectivity index (χ1v) is 14.9. The number of carboxylic acid groups (broad SMARTS) is 1. The number of aromatic nitrogens is 1. The predicted octanol–water partition coefficient (Wildman–Crippen LogP) is 3.60. The van der Waals surface area contributed by atoms with Crippen LogP contribution in [0.25, 0.3) is 22.4 Å². The number of fused-ring (bicyclic) bond motifs is 1. The molecule has 2 aromatic heterocycles. The van der Waals surface area contributed by atoms with Gasteiger partial charge in [-0.25, -0.2) is 13.4 Å². The summed E-state index contributed by atoms with van der Waals surface area (Å²) in [5, 5.41) is 16.4. The number of furan rings is 1. The summed E-state index contributed by atoms with van der Waals surface area (Å²) in [6.07, 6.45) is 3.86. The van der Waals surface area contributed by atoms with Crippen LogP contribution in [-0.2, 0) is 22.2 Å². The normalized spacial score (nSPS) is 17.0. The number of carboxylic acids is 1. The molecule has 3 heterocycles. The summed E-state index contributed by atoms with van der Waals surface area (Å²) in [4.78, 5) is 29.8. The van der Waals surface area contributed by atoms with Gasteiger partial charge in [-0.05, 0) is 76.1 Å². The Hall–Kier alpha value is -3.28. The van der Waals surface area contributed by atoms with E-state index < -0.39 is 22.3 Å². The molecular weight excluding hydrogens is 532 g/mol. The first kappa shape index (κ1) is 28.3. The van der Waals surface area contributed by atoms with Crippen molar-refractivity contribution in [2.45, 2.75) is 57.9 Å². The highest BCUT2D eigenvalue weighted by molar-refractivity contribution is 7.69. The molecule has 3 aromatic rings. The maximum absolute atomic E-state index is 13.0. The van der Waals surface area contributed by atoms with Crippen LogP contribution in [-0.4, -0.2) is 61.4 Å². The third kappa shape index (κ3) is 5.77. The van der Waals surface area contributed by atoms with Crippen LogP contribution in [0.3, 0.4) is 0 Å². The monoisotopic (exact) mass is 568 g/mol. The van der Waals surface area contributed by atoms with E-state index >= 15 is 0 Å². The number of hydrogen-bond donors (Lipinski definition) is 4. The van der Waals surface area contributed by atoms with E-state index in [-0.39, 0.29) is 30.6 Å². The van der Waals surface area contributed by atoms with Gasteiger partial charge in [0.1, 0.15) is 5.76 Å². The summed E-state index contributed by atoms with van der Waals surface area (Å²) in [6.45, 7) is 3.55. The number of hydrogen-bond acceptors (Lipinski definition) is 7. The average molecular weight is 569 g/mol. The molecule has 1 saturated heterocycles. The number of amides is 1. The fraction of sp³-hybridized carbons (Fsp3) is 0.483. The van der Waals surface area contributed by atoms with Gasteiger partial charge in [0.15, 0.2) is 0 Å². The molecule has 2 fully saturated rings. The Labute approximate surface area is 235 Å². The first-order chi connectivity index (χ1) is 19.2. The van der Waals surface area contributed by atoms with Crippen molar-refractivity contribution in [1.29, 1.82) is 0 Å². The number of benzene rings is 1. The van der Waals surface area contributed by atoms with Crippen LogP contribution in [0.15, 0.2) is 34.7 Å². The standard InChI is InChI=1S/C29H36N4O6S/c1-18-4-6-20(7-5-18)25-24(26(34)30-2)22-16-21(19-8-9-19)23(32-27(22)39-25)17-33(40(37)38)15-3-10-29(28(35)36)11-13-31-14-12-29/h4-7,16,19,31,40H,3,8-15,17H2,1-2H3,(H,30,34)(H,35,36). The summed E-state index contributed by atoms with van der Waals surface area (Å²) in [7, 11) is -1.34. The minimum Gasteiger partial charge on any atom is -0.481 e. The van der Waals surface area contributed by atoms with Crippen LogP contribution in [0.4, 0.5) is 0 Å². The number of pyridine rings is 1. The molecule has 0 spiro atoms. The lowest BCUT2D eigenvalue weighted by Crippen LogP contribution is -2.42. The van der Waals surface area contributed by atoms with Gasteiger partial charge in [0.2, 0.25) is 16.6 Å². The second-order valence-electron chi connectivity index (χ2n) is 11.0. The zero-order valence-corrected chi connectivity index (χ0v) is 23.8. The highest BCUT2D eigenvalue weighted by Crippen LogP contribution is 2.44. The van der Waals surface area contributed by atoms with Gasteiger partial charge < -0.3 is 20.2 Å². The summed E-state index contributed by atoms with van der Waals surface area (Å²) in [5.41, 5.74) is 3.25. The molecule has 0 unspecified atom stereocenters. The Morgan fingerprint density at radius 2 is 1.90 bits per heavy atom. The van der Waals surface area contributed by atoms with Crippen molar-refractivity contribution in [3.8, 4) is 11.3 Å². The molecule has 1 aliphatic heterocycles.